The van der Waals surface area contributed by atoms with Crippen molar-refractivity contribution >= 4 is 35.7 Å². The van der Waals surface area contributed by atoms with Crippen LogP contribution in [0.2, 0.25) is 0 Å². The molecular formula is C14H12BNO4S. The fourth-order valence-electron chi connectivity index (χ4n) is 2.01. The van der Waals surface area contributed by atoms with Crippen LogP contribution in [-0.2, 0) is 4.33 Å². The van der Waals surface area contributed by atoms with Gasteiger partial charge in [0, 0.05) is 17.0 Å². The van der Waals surface area contributed by atoms with Crippen molar-refractivity contribution < 1.29 is 19.3 Å². The Kier molecular flexibility index (Phi) is 4.17. The van der Waals surface area contributed by atoms with E-state index in [9.17, 15) is 10.0 Å². The summed E-state index contributed by atoms with van der Waals surface area (Å²) in [5.74, 6) is 0.587. The molecule has 0 atom stereocenters. The van der Waals surface area contributed by atoms with E-state index < -0.39 is 7.12 Å². The van der Waals surface area contributed by atoms with Crippen molar-refractivity contribution in [3.05, 3.63) is 60.8 Å². The molecule has 0 spiro atoms. The van der Waals surface area contributed by atoms with Crippen molar-refractivity contribution in [3.8, 4) is 5.75 Å². The zero-order valence-electron chi connectivity index (χ0n) is 10.9. The van der Waals surface area contributed by atoms with Crippen molar-refractivity contribution in [2.24, 2.45) is 0 Å². The molecule has 0 aliphatic carbocycles. The van der Waals surface area contributed by atoms with Gasteiger partial charge in [0.25, 0.3) is 0 Å². The van der Waals surface area contributed by atoms with Crippen LogP contribution in [0, 0.1) is 0 Å². The summed E-state index contributed by atoms with van der Waals surface area (Å²) >= 11 is 0.955. The maximum absolute atomic E-state index is 9.40. The van der Waals surface area contributed by atoms with Crippen LogP contribution in [-0.4, -0.2) is 21.1 Å². The van der Waals surface area contributed by atoms with E-state index in [-0.39, 0.29) is 0 Å². The fraction of sp³-hybridized carbons (Fsp3) is 0. The van der Waals surface area contributed by atoms with E-state index in [0.717, 1.165) is 23.1 Å². The average Bonchev–Trinajstić information content (AvgIpc) is 2.88. The molecule has 0 bridgehead atoms. The second-order valence-corrected chi connectivity index (χ2v) is 5.02. The van der Waals surface area contributed by atoms with E-state index in [1.807, 2.05) is 42.5 Å². The number of para-hydroxylation sites is 2. The molecule has 0 fully saturated rings. The molecule has 3 rings (SSSR count). The summed E-state index contributed by atoms with van der Waals surface area (Å²) in [5, 5.41) is 19.6. The second-order valence-electron chi connectivity index (χ2n) is 4.34. The van der Waals surface area contributed by atoms with Crippen LogP contribution >= 0.6 is 12.2 Å². The van der Waals surface area contributed by atoms with Gasteiger partial charge in [-0.05, 0) is 18.2 Å². The van der Waals surface area contributed by atoms with Crippen LogP contribution in [0.4, 0.5) is 0 Å². The second kappa shape index (κ2) is 6.23. The molecule has 1 aromatic heterocycles. The maximum atomic E-state index is 9.40. The number of nitrogens with zero attached hydrogens (tertiary/aromatic N) is 1. The predicted octanol–water partition coefficient (Wildman–Crippen LogP) is 1.74. The summed E-state index contributed by atoms with van der Waals surface area (Å²) < 4.78 is 6.80. The first-order valence-electron chi connectivity index (χ1n) is 6.28. The maximum Gasteiger partial charge on any atom is 0.490 e. The molecule has 21 heavy (non-hydrogen) atoms. The molecular weight excluding hydrogens is 289 g/mol. The molecule has 2 aromatic carbocycles. The highest BCUT2D eigenvalue weighted by Crippen LogP contribution is 2.21. The Morgan fingerprint density at radius 3 is 2.43 bits per heavy atom. The number of benzene rings is 2. The Hall–Kier alpha value is -1.93. The minimum absolute atomic E-state index is 0.418. The van der Waals surface area contributed by atoms with Gasteiger partial charge in [0.15, 0.2) is 18.0 Å². The van der Waals surface area contributed by atoms with Gasteiger partial charge in [0.1, 0.15) is 0 Å². The molecule has 3 aromatic rings. The number of hydrogen-bond acceptors (Lipinski definition) is 5. The van der Waals surface area contributed by atoms with Crippen LogP contribution in [0.1, 0.15) is 0 Å². The Balaban J connectivity index is 1.78. The van der Waals surface area contributed by atoms with Gasteiger partial charge in [-0.1, -0.05) is 40.7 Å². The molecule has 2 N–H and O–H groups in total. The summed E-state index contributed by atoms with van der Waals surface area (Å²) in [5.41, 5.74) is 1.23. The molecule has 0 aliphatic rings. The van der Waals surface area contributed by atoms with Crippen LogP contribution < -0.4 is 10.4 Å². The number of hydrogen-bond donors (Lipinski definition) is 2. The Morgan fingerprint density at radius 2 is 1.67 bits per heavy atom. The van der Waals surface area contributed by atoms with Gasteiger partial charge in [0.05, 0.1) is 5.52 Å². The molecule has 0 amide bonds. The highest BCUT2D eigenvalue weighted by atomic mass is 32.2. The molecule has 1 heterocycles. The van der Waals surface area contributed by atoms with Gasteiger partial charge in [-0.15, -0.1) is 0 Å². The average molecular weight is 301 g/mol. The minimum Gasteiger partial charge on any atom is -0.423 e. The lowest BCUT2D eigenvalue weighted by atomic mass is 9.80. The molecule has 106 valence electrons. The van der Waals surface area contributed by atoms with E-state index in [2.05, 4.69) is 0 Å². The van der Waals surface area contributed by atoms with Gasteiger partial charge >= 0.3 is 7.12 Å². The van der Waals surface area contributed by atoms with Crippen molar-refractivity contribution in [2.75, 3.05) is 0 Å². The number of rotatable bonds is 5. The van der Waals surface area contributed by atoms with Crippen molar-refractivity contribution in [1.82, 2.24) is 3.97 Å². The van der Waals surface area contributed by atoms with Crippen LogP contribution in [0.3, 0.4) is 0 Å². The van der Waals surface area contributed by atoms with Crippen molar-refractivity contribution in [2.45, 2.75) is 0 Å². The monoisotopic (exact) mass is 301 g/mol. The standard InChI is InChI=1S/C14H12BNO4S/c17-15(18)13-10-16(14-9-5-4-8-12(13)14)21-20-19-11-6-2-1-3-7-11/h1-10,17-18H. The van der Waals surface area contributed by atoms with E-state index >= 15 is 0 Å². The molecule has 0 saturated heterocycles. The largest absolute Gasteiger partial charge is 0.490 e. The first-order chi connectivity index (χ1) is 10.3. The van der Waals surface area contributed by atoms with E-state index in [4.69, 9.17) is 9.22 Å². The zero-order chi connectivity index (χ0) is 14.7. The first-order valence-corrected chi connectivity index (χ1v) is 6.98. The Labute approximate surface area is 126 Å². The third-order valence-corrected chi connectivity index (χ3v) is 3.56. The Morgan fingerprint density at radius 1 is 0.952 bits per heavy atom. The van der Waals surface area contributed by atoms with Gasteiger partial charge in [0.2, 0.25) is 0 Å². The summed E-state index contributed by atoms with van der Waals surface area (Å²) in [6.07, 6.45) is 1.61. The smallest absolute Gasteiger partial charge is 0.423 e. The van der Waals surface area contributed by atoms with Gasteiger partial charge in [-0.2, -0.15) is 0 Å². The van der Waals surface area contributed by atoms with Crippen LogP contribution in [0.25, 0.3) is 10.9 Å². The lowest BCUT2D eigenvalue weighted by molar-refractivity contribution is -0.0785. The van der Waals surface area contributed by atoms with Gasteiger partial charge in [-0.25, -0.2) is 0 Å². The molecule has 0 saturated carbocycles. The van der Waals surface area contributed by atoms with Crippen molar-refractivity contribution in [1.29, 1.82) is 0 Å². The van der Waals surface area contributed by atoms with Crippen LogP contribution in [0.5, 0.6) is 5.75 Å². The van der Waals surface area contributed by atoms with E-state index in [0.29, 0.717) is 11.2 Å². The molecule has 7 heteroatoms. The topological polar surface area (TPSA) is 63.9 Å². The fourth-order valence-corrected chi connectivity index (χ4v) is 2.58. The quantitative estimate of drug-likeness (QED) is 0.325. The minimum atomic E-state index is -1.54. The van der Waals surface area contributed by atoms with E-state index in [1.165, 1.54) is 0 Å². The number of fused-ring (bicyclic) bond motifs is 1. The normalized spacial score (nSPS) is 10.8. The van der Waals surface area contributed by atoms with E-state index in [1.54, 1.807) is 22.3 Å². The summed E-state index contributed by atoms with van der Waals surface area (Å²) in [6.45, 7) is 0. The lowest BCUT2D eigenvalue weighted by Gasteiger charge is -2.04. The van der Waals surface area contributed by atoms with Gasteiger partial charge in [-0.3, -0.25) is 3.97 Å². The molecule has 0 unspecified atom stereocenters. The summed E-state index contributed by atoms with van der Waals surface area (Å²) in [6, 6.07) is 16.5. The third kappa shape index (κ3) is 3.06. The van der Waals surface area contributed by atoms with Gasteiger partial charge < -0.3 is 14.9 Å². The summed E-state index contributed by atoms with van der Waals surface area (Å²) in [4.78, 5) is 5.15. The summed E-state index contributed by atoms with van der Waals surface area (Å²) in [7, 11) is -1.54. The molecule has 0 radical (unpaired) electrons. The number of aromatic nitrogens is 1. The first kappa shape index (κ1) is 14.0. The SMILES string of the molecule is OB(O)c1cn(SOOc2ccccc2)c2ccccc12. The zero-order valence-corrected chi connectivity index (χ0v) is 11.7. The predicted molar refractivity (Wildman–Crippen MR) is 82.9 cm³/mol. The molecule has 5 nitrogen and oxygen atoms in total. The van der Waals surface area contributed by atoms with Crippen LogP contribution in [0.15, 0.2) is 60.8 Å². The highest BCUT2D eigenvalue weighted by Gasteiger charge is 2.19. The Bertz CT molecular complexity index is 732. The highest BCUT2D eigenvalue weighted by molar-refractivity contribution is 7.93. The van der Waals surface area contributed by atoms with Crippen molar-refractivity contribution in [3.63, 3.8) is 0 Å². The molecule has 0 aliphatic heterocycles. The third-order valence-electron chi connectivity index (χ3n) is 2.97. The lowest BCUT2D eigenvalue weighted by Crippen LogP contribution is -2.29.